The number of benzene rings is 8. The van der Waals surface area contributed by atoms with Gasteiger partial charge in [-0.15, -0.1) is 0 Å². The van der Waals surface area contributed by atoms with Gasteiger partial charge in [-0.3, -0.25) is 4.57 Å². The van der Waals surface area contributed by atoms with Crippen molar-refractivity contribution in [2.24, 2.45) is 0 Å². The second kappa shape index (κ2) is 15.3. The molecule has 0 fully saturated rings. The Kier molecular flexibility index (Phi) is 9.17. The SMILES string of the molecule is CC1(C)CCC(C)(C)c2c(-c3ccccc3-n3c4ccccc4c4cc5c6ccccc6n(-c6nc(-c7ccccc7)nc(C7(C)CC=C(c8ccccc8)c8ccccc87)n6)c5cc43)cccc21. The zero-order valence-electron chi connectivity index (χ0n) is 39.8. The fraction of sp³-hybridized carbons (Fsp3) is 0.172. The molecule has 0 aliphatic heterocycles. The van der Waals surface area contributed by atoms with Gasteiger partial charge in [0.15, 0.2) is 5.82 Å². The van der Waals surface area contributed by atoms with Crippen LogP contribution in [-0.2, 0) is 16.2 Å². The topological polar surface area (TPSA) is 48.5 Å². The Labute approximate surface area is 403 Å². The zero-order valence-corrected chi connectivity index (χ0v) is 39.8. The summed E-state index contributed by atoms with van der Waals surface area (Å²) < 4.78 is 4.80. The van der Waals surface area contributed by atoms with E-state index >= 15 is 0 Å². The molecule has 2 aliphatic carbocycles. The Bertz CT molecular complexity index is 3890. The van der Waals surface area contributed by atoms with Gasteiger partial charge in [0, 0.05) is 32.7 Å². The average molecular weight is 892 g/mol. The second-order valence-corrected chi connectivity index (χ2v) is 20.8. The van der Waals surface area contributed by atoms with Crippen LogP contribution in [0.3, 0.4) is 0 Å². The summed E-state index contributed by atoms with van der Waals surface area (Å²) in [7, 11) is 0. The van der Waals surface area contributed by atoms with E-state index < -0.39 is 5.41 Å². The van der Waals surface area contributed by atoms with Crippen molar-refractivity contribution in [3.05, 3.63) is 228 Å². The highest BCUT2D eigenvalue weighted by Gasteiger charge is 2.40. The number of hydrogen-bond donors (Lipinski definition) is 0. The molecule has 1 atom stereocenters. The van der Waals surface area contributed by atoms with Crippen LogP contribution in [0.25, 0.3) is 83.3 Å². The summed E-state index contributed by atoms with van der Waals surface area (Å²) in [6.45, 7) is 12.0. The maximum Gasteiger partial charge on any atom is 0.238 e. The molecular weight excluding hydrogens is 839 g/mol. The van der Waals surface area contributed by atoms with Gasteiger partial charge in [0.25, 0.3) is 0 Å². The molecule has 11 aromatic rings. The third kappa shape index (κ3) is 6.33. The molecule has 0 bridgehead atoms. The molecular formula is C64H53N5. The molecule has 0 amide bonds. The average Bonchev–Trinajstić information content (AvgIpc) is 3.89. The maximum atomic E-state index is 5.62. The van der Waals surface area contributed by atoms with Crippen LogP contribution < -0.4 is 0 Å². The number of rotatable bonds is 6. The maximum absolute atomic E-state index is 5.62. The highest BCUT2D eigenvalue weighted by molar-refractivity contribution is 6.19. The lowest BCUT2D eigenvalue weighted by Gasteiger charge is -2.43. The normalized spacial score (nSPS) is 17.3. The van der Waals surface area contributed by atoms with Crippen molar-refractivity contribution in [2.45, 2.75) is 70.1 Å². The van der Waals surface area contributed by atoms with E-state index in [0.717, 1.165) is 51.6 Å². The Morgan fingerprint density at radius 2 is 0.986 bits per heavy atom. The van der Waals surface area contributed by atoms with Crippen LogP contribution in [0, 0.1) is 0 Å². The second-order valence-electron chi connectivity index (χ2n) is 20.8. The van der Waals surface area contributed by atoms with Crippen LogP contribution in [0.2, 0.25) is 0 Å². The number of para-hydroxylation sites is 3. The number of fused-ring (bicyclic) bond motifs is 8. The molecule has 334 valence electrons. The minimum absolute atomic E-state index is 0.0295. The van der Waals surface area contributed by atoms with Crippen molar-refractivity contribution >= 4 is 49.2 Å². The Hall–Kier alpha value is -7.89. The van der Waals surface area contributed by atoms with Crippen LogP contribution in [0.4, 0.5) is 0 Å². The van der Waals surface area contributed by atoms with Gasteiger partial charge >= 0.3 is 0 Å². The van der Waals surface area contributed by atoms with Gasteiger partial charge in [0.2, 0.25) is 5.95 Å². The molecule has 13 rings (SSSR count). The summed E-state index contributed by atoms with van der Waals surface area (Å²) in [5.74, 6) is 2.00. The first-order valence-corrected chi connectivity index (χ1v) is 24.5. The van der Waals surface area contributed by atoms with Crippen molar-refractivity contribution in [3.8, 4) is 34.2 Å². The van der Waals surface area contributed by atoms with Crippen molar-refractivity contribution in [1.29, 1.82) is 0 Å². The molecule has 5 nitrogen and oxygen atoms in total. The smallest absolute Gasteiger partial charge is 0.238 e. The van der Waals surface area contributed by atoms with Gasteiger partial charge in [0.05, 0.1) is 33.2 Å². The number of hydrogen-bond acceptors (Lipinski definition) is 3. The lowest BCUT2D eigenvalue weighted by atomic mass is 9.61. The molecule has 5 heteroatoms. The highest BCUT2D eigenvalue weighted by atomic mass is 15.2. The van der Waals surface area contributed by atoms with Crippen LogP contribution in [-0.4, -0.2) is 24.1 Å². The van der Waals surface area contributed by atoms with Crippen LogP contribution in [0.5, 0.6) is 0 Å². The van der Waals surface area contributed by atoms with Crippen LogP contribution in [0.1, 0.15) is 87.5 Å². The van der Waals surface area contributed by atoms with Crippen molar-refractivity contribution in [3.63, 3.8) is 0 Å². The van der Waals surface area contributed by atoms with E-state index in [4.69, 9.17) is 15.0 Å². The summed E-state index contributed by atoms with van der Waals surface area (Å²) in [6, 6.07) is 68.4. The Morgan fingerprint density at radius 1 is 0.420 bits per heavy atom. The van der Waals surface area contributed by atoms with E-state index in [0.29, 0.717) is 11.8 Å². The first-order chi connectivity index (χ1) is 33.6. The Balaban J connectivity index is 1.08. The largest absolute Gasteiger partial charge is 0.309 e. The van der Waals surface area contributed by atoms with Gasteiger partial charge < -0.3 is 4.57 Å². The van der Waals surface area contributed by atoms with Gasteiger partial charge in [-0.25, -0.2) is 4.98 Å². The summed E-state index contributed by atoms with van der Waals surface area (Å²) in [5, 5.41) is 4.74. The molecule has 0 saturated carbocycles. The lowest BCUT2D eigenvalue weighted by Crippen LogP contribution is -2.34. The molecule has 1 unspecified atom stereocenters. The lowest BCUT2D eigenvalue weighted by molar-refractivity contribution is 0.333. The molecule has 0 saturated heterocycles. The minimum Gasteiger partial charge on any atom is -0.309 e. The summed E-state index contributed by atoms with van der Waals surface area (Å²) in [4.78, 5) is 16.5. The van der Waals surface area contributed by atoms with E-state index in [1.807, 2.05) is 6.07 Å². The van der Waals surface area contributed by atoms with Crippen LogP contribution in [0.15, 0.2) is 194 Å². The van der Waals surface area contributed by atoms with E-state index in [9.17, 15) is 0 Å². The van der Waals surface area contributed by atoms with Crippen LogP contribution >= 0.6 is 0 Å². The fourth-order valence-corrected chi connectivity index (χ4v) is 12.0. The van der Waals surface area contributed by atoms with Gasteiger partial charge in [-0.05, 0) is 106 Å². The van der Waals surface area contributed by atoms with E-state index in [-0.39, 0.29) is 10.8 Å². The molecule has 2 aliphatic rings. The molecule has 3 heterocycles. The number of nitrogens with zero attached hydrogens (tertiary/aromatic N) is 5. The van der Waals surface area contributed by atoms with Gasteiger partial charge in [-0.2, -0.15) is 9.97 Å². The van der Waals surface area contributed by atoms with Gasteiger partial charge in [0.1, 0.15) is 5.82 Å². The third-order valence-corrected chi connectivity index (χ3v) is 15.7. The summed E-state index contributed by atoms with van der Waals surface area (Å²) in [5.41, 5.74) is 16.4. The minimum atomic E-state index is -0.543. The molecule has 0 radical (unpaired) electrons. The molecule has 69 heavy (non-hydrogen) atoms. The number of aromatic nitrogens is 5. The van der Waals surface area contributed by atoms with E-state index in [2.05, 4.69) is 232 Å². The predicted molar refractivity (Wildman–Crippen MR) is 286 cm³/mol. The zero-order chi connectivity index (χ0) is 46.6. The first-order valence-electron chi connectivity index (χ1n) is 24.5. The molecule has 3 aromatic heterocycles. The number of allylic oxidation sites excluding steroid dienone is 1. The van der Waals surface area contributed by atoms with E-state index in [1.54, 1.807) is 0 Å². The molecule has 0 spiro atoms. The summed E-state index contributed by atoms with van der Waals surface area (Å²) >= 11 is 0. The quantitative estimate of drug-likeness (QED) is 0.167. The van der Waals surface area contributed by atoms with Crippen molar-refractivity contribution in [2.75, 3.05) is 0 Å². The monoisotopic (exact) mass is 891 g/mol. The third-order valence-electron chi connectivity index (χ3n) is 15.7. The fourth-order valence-electron chi connectivity index (χ4n) is 12.0. The van der Waals surface area contributed by atoms with Gasteiger partial charge in [-0.1, -0.05) is 191 Å². The standard InChI is InChI=1S/C64H53N5/c1-62(2)37-38-63(3,4)58-48(29-20-31-52(58)62)45-26-13-17-32-53(45)68-54-33-18-14-27-46(54)49-39-50-47-28-15-19-34-55(47)69(57(50)40-56(49)68)61-66-59(42-23-10-7-11-24-42)65-60(67-61)64(5)36-35-43(41-21-8-6-9-22-41)44-25-12-16-30-51(44)64/h6-35,39-40H,36-38H2,1-5H3. The van der Waals surface area contributed by atoms with Crippen molar-refractivity contribution < 1.29 is 0 Å². The Morgan fingerprint density at radius 3 is 1.72 bits per heavy atom. The van der Waals surface area contributed by atoms with Crippen molar-refractivity contribution in [1.82, 2.24) is 24.1 Å². The molecule has 8 aromatic carbocycles. The first kappa shape index (κ1) is 41.3. The highest BCUT2D eigenvalue weighted by Crippen LogP contribution is 2.51. The van der Waals surface area contributed by atoms with E-state index in [1.165, 1.54) is 72.9 Å². The predicted octanol–water partition coefficient (Wildman–Crippen LogP) is 15.9. The summed E-state index contributed by atoms with van der Waals surface area (Å²) in [6.07, 6.45) is 5.43. The molecule has 0 N–H and O–H groups in total.